The molecule has 2 heterocycles. The van der Waals surface area contributed by atoms with Crippen molar-refractivity contribution in [2.24, 2.45) is 0 Å². The summed E-state index contributed by atoms with van der Waals surface area (Å²) in [4.78, 5) is 4.47. The molecule has 44 valence electrons. The fraction of sp³-hybridized carbons (Fsp3) is 0.333. The van der Waals surface area contributed by atoms with Crippen LogP contribution in [0.5, 0.6) is 0 Å². The Labute approximate surface area is 46.4 Å². The van der Waals surface area contributed by atoms with Crippen LogP contribution < -0.4 is 0 Å². The van der Waals surface area contributed by atoms with Gasteiger partial charge < -0.3 is 4.84 Å². The molecule has 8 heavy (non-hydrogen) atoms. The van der Waals surface area contributed by atoms with Gasteiger partial charge in [-0.2, -0.15) is 0 Å². The molecule has 4 nitrogen and oxygen atoms in total. The number of nitrogens with zero attached hydrogens (tertiary/aromatic N) is 1. The average molecular weight is 133 g/mol. The molecule has 2 aliphatic rings. The molecule has 0 radical (unpaired) electrons. The normalized spacial score (nSPS) is 28.5. The molecule has 0 atom stereocenters. The van der Waals surface area contributed by atoms with Crippen LogP contribution in [0.15, 0.2) is 12.0 Å². The quantitative estimate of drug-likeness (QED) is 0.415. The van der Waals surface area contributed by atoms with Gasteiger partial charge in [0, 0.05) is 6.08 Å². The van der Waals surface area contributed by atoms with Gasteiger partial charge in [-0.1, -0.05) is 4.47 Å². The summed E-state index contributed by atoms with van der Waals surface area (Å²) in [5.41, 5.74) is 0. The lowest BCUT2D eigenvalue weighted by molar-refractivity contribution is 0.298. The van der Waals surface area contributed by atoms with Crippen molar-refractivity contribution in [2.75, 3.05) is 5.75 Å². The van der Waals surface area contributed by atoms with Crippen LogP contribution in [0.1, 0.15) is 0 Å². The summed E-state index contributed by atoms with van der Waals surface area (Å²) < 4.78 is 22.0. The van der Waals surface area contributed by atoms with E-state index in [1.54, 1.807) is 0 Å². The molecular formula is C3H3NO3S. The highest BCUT2D eigenvalue weighted by molar-refractivity contribution is 7.89. The van der Waals surface area contributed by atoms with E-state index in [4.69, 9.17) is 0 Å². The maximum absolute atomic E-state index is 10.6. The van der Waals surface area contributed by atoms with Gasteiger partial charge in [0.2, 0.25) is 0 Å². The molecule has 2 aliphatic heterocycles. The second-order valence-electron chi connectivity index (χ2n) is 1.64. The van der Waals surface area contributed by atoms with Crippen LogP contribution >= 0.6 is 0 Å². The lowest BCUT2D eigenvalue weighted by atomic mass is 10.7. The van der Waals surface area contributed by atoms with E-state index in [1.165, 1.54) is 6.08 Å². The van der Waals surface area contributed by atoms with Crippen LogP contribution in [0.25, 0.3) is 0 Å². The van der Waals surface area contributed by atoms with Gasteiger partial charge >= 0.3 is 0 Å². The third-order valence-electron chi connectivity index (χ3n) is 1.05. The fourth-order valence-electron chi connectivity index (χ4n) is 0.614. The standard InChI is InChI=1S/C3H3NO3S/c5-8(6)2-1-3-4(8)7-3/h1H,2H2. The van der Waals surface area contributed by atoms with E-state index in [0.29, 0.717) is 5.88 Å². The molecule has 1 saturated heterocycles. The van der Waals surface area contributed by atoms with Crippen LogP contribution in [0.2, 0.25) is 0 Å². The Morgan fingerprint density at radius 2 is 2.50 bits per heavy atom. The Bertz CT molecular complexity index is 252. The second kappa shape index (κ2) is 0.862. The van der Waals surface area contributed by atoms with Gasteiger partial charge in [0.25, 0.3) is 15.9 Å². The smallest absolute Gasteiger partial charge is 0.272 e. The second-order valence-corrected chi connectivity index (χ2v) is 3.47. The summed E-state index contributed by atoms with van der Waals surface area (Å²) in [5.74, 6) is 0.576. The number of rotatable bonds is 0. The summed E-state index contributed by atoms with van der Waals surface area (Å²) >= 11 is 0. The zero-order chi connectivity index (χ0) is 5.78. The Morgan fingerprint density at radius 3 is 2.62 bits per heavy atom. The van der Waals surface area contributed by atoms with Crippen molar-refractivity contribution in [2.45, 2.75) is 0 Å². The van der Waals surface area contributed by atoms with E-state index in [9.17, 15) is 8.42 Å². The third-order valence-corrected chi connectivity index (χ3v) is 2.39. The first-order chi connectivity index (χ1) is 3.70. The third kappa shape index (κ3) is 0.326. The molecule has 0 N–H and O–H groups in total. The van der Waals surface area contributed by atoms with Crippen LogP contribution in [-0.2, 0) is 14.9 Å². The number of hydroxylamine groups is 1. The first-order valence-electron chi connectivity index (χ1n) is 2.11. The Balaban J connectivity index is 2.55. The molecule has 0 amide bonds. The molecule has 0 saturated carbocycles. The highest BCUT2D eigenvalue weighted by atomic mass is 32.2. The van der Waals surface area contributed by atoms with Crippen molar-refractivity contribution >= 4 is 10.0 Å². The van der Waals surface area contributed by atoms with E-state index in [0.717, 1.165) is 4.47 Å². The van der Waals surface area contributed by atoms with E-state index in [-0.39, 0.29) is 5.75 Å². The monoisotopic (exact) mass is 133 g/mol. The highest BCUT2D eigenvalue weighted by Crippen LogP contribution is 2.34. The largest absolute Gasteiger partial charge is 0.339 e. The number of sulfonamides is 1. The first-order valence-corrected chi connectivity index (χ1v) is 3.72. The Kier molecular flexibility index (Phi) is 0.452. The van der Waals surface area contributed by atoms with Crippen LogP contribution in [0.3, 0.4) is 0 Å². The van der Waals surface area contributed by atoms with Gasteiger partial charge in [-0.15, -0.1) is 0 Å². The molecule has 0 aliphatic carbocycles. The van der Waals surface area contributed by atoms with E-state index in [2.05, 4.69) is 4.84 Å². The summed E-state index contributed by atoms with van der Waals surface area (Å²) in [6.45, 7) is 0. The van der Waals surface area contributed by atoms with E-state index in [1.807, 2.05) is 0 Å². The number of hydrogen-bond donors (Lipinski definition) is 0. The molecule has 0 aromatic rings. The molecule has 0 unspecified atom stereocenters. The minimum Gasteiger partial charge on any atom is -0.339 e. The van der Waals surface area contributed by atoms with Crippen molar-refractivity contribution in [1.82, 2.24) is 4.47 Å². The molecule has 0 bridgehead atoms. The molecule has 5 heteroatoms. The van der Waals surface area contributed by atoms with Gasteiger partial charge in [-0.25, -0.2) is 8.42 Å². The zero-order valence-corrected chi connectivity index (χ0v) is 4.68. The highest BCUT2D eigenvalue weighted by Gasteiger charge is 2.46. The Hall–Kier alpha value is -0.710. The van der Waals surface area contributed by atoms with E-state index >= 15 is 0 Å². The lowest BCUT2D eigenvalue weighted by Gasteiger charge is -1.88. The van der Waals surface area contributed by atoms with Crippen molar-refractivity contribution in [3.8, 4) is 0 Å². The fourth-order valence-corrected chi connectivity index (χ4v) is 1.64. The van der Waals surface area contributed by atoms with Gasteiger partial charge in [0.1, 0.15) is 0 Å². The van der Waals surface area contributed by atoms with Crippen molar-refractivity contribution < 1.29 is 13.3 Å². The molecular weight excluding hydrogens is 130 g/mol. The zero-order valence-electron chi connectivity index (χ0n) is 3.86. The van der Waals surface area contributed by atoms with E-state index < -0.39 is 10.0 Å². The molecule has 2 rings (SSSR count). The van der Waals surface area contributed by atoms with Crippen LogP contribution in [0.4, 0.5) is 0 Å². The minimum absolute atomic E-state index is 0.0995. The van der Waals surface area contributed by atoms with Gasteiger partial charge in [-0.3, -0.25) is 0 Å². The van der Waals surface area contributed by atoms with Gasteiger partial charge in [-0.05, 0) is 0 Å². The summed E-state index contributed by atoms with van der Waals surface area (Å²) in [6.07, 6.45) is 1.54. The summed E-state index contributed by atoms with van der Waals surface area (Å²) in [7, 11) is -3.03. The SMILES string of the molecule is O=S1(=O)CC=C2ON21. The topological polar surface area (TPSA) is 49.7 Å². The summed E-state index contributed by atoms with van der Waals surface area (Å²) in [5, 5.41) is 0. The molecule has 0 spiro atoms. The van der Waals surface area contributed by atoms with Gasteiger partial charge in [0.15, 0.2) is 0 Å². The number of hydrogen-bond acceptors (Lipinski definition) is 3. The first kappa shape index (κ1) is 4.20. The van der Waals surface area contributed by atoms with Gasteiger partial charge in [0.05, 0.1) is 5.75 Å². The van der Waals surface area contributed by atoms with Crippen LogP contribution in [0, 0.1) is 0 Å². The minimum atomic E-state index is -3.03. The van der Waals surface area contributed by atoms with Crippen molar-refractivity contribution in [3.63, 3.8) is 0 Å². The summed E-state index contributed by atoms with van der Waals surface area (Å²) in [6, 6.07) is 0. The molecule has 0 aromatic carbocycles. The lowest BCUT2D eigenvalue weighted by Crippen LogP contribution is -2.08. The molecule has 1 fully saturated rings. The van der Waals surface area contributed by atoms with Crippen molar-refractivity contribution in [1.29, 1.82) is 0 Å². The Morgan fingerprint density at radius 1 is 1.75 bits per heavy atom. The number of fused-ring (bicyclic) bond motifs is 1. The van der Waals surface area contributed by atoms with Crippen LogP contribution in [-0.4, -0.2) is 18.6 Å². The maximum atomic E-state index is 10.6. The van der Waals surface area contributed by atoms with Crippen molar-refractivity contribution in [3.05, 3.63) is 12.0 Å². The molecule has 0 aromatic heterocycles. The maximum Gasteiger partial charge on any atom is 0.272 e. The average Bonchev–Trinajstić information content (AvgIpc) is 2.34. The predicted molar refractivity (Wildman–Crippen MR) is 24.8 cm³/mol. The predicted octanol–water partition coefficient (Wildman–Crippen LogP) is -0.582.